The van der Waals surface area contributed by atoms with Gasteiger partial charge in [-0.2, -0.15) is 9.97 Å². The van der Waals surface area contributed by atoms with Gasteiger partial charge in [-0.25, -0.2) is 4.98 Å². The standard InChI is InChI=1S/C23H25N5O4/c24-23-26-21-20(22(27-23)31-13-18-9-5-2-6-10-18)25-15-28(21)16-32-19(11-29)14-30-12-17-7-3-1-4-8-17/h1-10,15,19,29H,11-14,16H2,(H2,24,26,27). The number of anilines is 1. The first-order valence-electron chi connectivity index (χ1n) is 10.2. The molecule has 0 bridgehead atoms. The minimum Gasteiger partial charge on any atom is -0.471 e. The fraction of sp³-hybridized carbons (Fsp3) is 0.261. The third-order valence-corrected chi connectivity index (χ3v) is 4.74. The van der Waals surface area contributed by atoms with E-state index in [-0.39, 0.29) is 25.9 Å². The van der Waals surface area contributed by atoms with E-state index in [1.165, 1.54) is 0 Å². The van der Waals surface area contributed by atoms with Gasteiger partial charge in [0.05, 0.1) is 26.1 Å². The van der Waals surface area contributed by atoms with E-state index >= 15 is 0 Å². The van der Waals surface area contributed by atoms with Gasteiger partial charge in [0.15, 0.2) is 11.2 Å². The lowest BCUT2D eigenvalue weighted by atomic mass is 10.2. The van der Waals surface area contributed by atoms with Crippen molar-refractivity contribution in [3.63, 3.8) is 0 Å². The van der Waals surface area contributed by atoms with Crippen LogP contribution in [0.3, 0.4) is 0 Å². The minimum atomic E-state index is -0.496. The Morgan fingerprint density at radius 2 is 1.62 bits per heavy atom. The largest absolute Gasteiger partial charge is 0.471 e. The first kappa shape index (κ1) is 21.7. The average Bonchev–Trinajstić information content (AvgIpc) is 3.23. The highest BCUT2D eigenvalue weighted by Crippen LogP contribution is 2.23. The third-order valence-electron chi connectivity index (χ3n) is 4.74. The van der Waals surface area contributed by atoms with Crippen LogP contribution in [0.4, 0.5) is 5.95 Å². The van der Waals surface area contributed by atoms with Crippen LogP contribution in [0.2, 0.25) is 0 Å². The van der Waals surface area contributed by atoms with Gasteiger partial charge in [-0.1, -0.05) is 60.7 Å². The summed E-state index contributed by atoms with van der Waals surface area (Å²) >= 11 is 0. The van der Waals surface area contributed by atoms with Crippen LogP contribution in [0.5, 0.6) is 5.88 Å². The maximum Gasteiger partial charge on any atom is 0.247 e. The molecule has 1 unspecified atom stereocenters. The Kier molecular flexibility index (Phi) is 7.23. The maximum absolute atomic E-state index is 9.64. The zero-order valence-electron chi connectivity index (χ0n) is 17.5. The summed E-state index contributed by atoms with van der Waals surface area (Å²) in [5.41, 5.74) is 8.91. The number of ether oxygens (including phenoxy) is 3. The fourth-order valence-corrected chi connectivity index (χ4v) is 3.08. The minimum absolute atomic E-state index is 0.0761. The van der Waals surface area contributed by atoms with Crippen LogP contribution in [0.25, 0.3) is 11.2 Å². The van der Waals surface area contributed by atoms with Crippen LogP contribution in [-0.4, -0.2) is 43.9 Å². The molecule has 0 spiro atoms. The summed E-state index contributed by atoms with van der Waals surface area (Å²) in [7, 11) is 0. The molecule has 9 heteroatoms. The molecule has 166 valence electrons. The Bertz CT molecular complexity index is 1120. The van der Waals surface area contributed by atoms with E-state index < -0.39 is 6.10 Å². The molecule has 9 nitrogen and oxygen atoms in total. The summed E-state index contributed by atoms with van der Waals surface area (Å²) in [4.78, 5) is 12.8. The van der Waals surface area contributed by atoms with Crippen molar-refractivity contribution in [3.05, 3.63) is 78.1 Å². The van der Waals surface area contributed by atoms with Crippen molar-refractivity contribution in [1.82, 2.24) is 19.5 Å². The number of aliphatic hydroxyl groups excluding tert-OH is 1. The van der Waals surface area contributed by atoms with Crippen LogP contribution < -0.4 is 10.5 Å². The predicted octanol–water partition coefficient (Wildman–Crippen LogP) is 2.54. The lowest BCUT2D eigenvalue weighted by Gasteiger charge is -2.16. The Labute approximate surface area is 185 Å². The van der Waals surface area contributed by atoms with E-state index in [4.69, 9.17) is 19.9 Å². The van der Waals surface area contributed by atoms with E-state index in [2.05, 4.69) is 15.0 Å². The number of rotatable bonds is 11. The number of benzene rings is 2. The highest BCUT2D eigenvalue weighted by Gasteiger charge is 2.15. The highest BCUT2D eigenvalue weighted by atomic mass is 16.5. The number of nitrogen functional groups attached to an aromatic ring is 1. The molecule has 0 aliphatic heterocycles. The fourth-order valence-electron chi connectivity index (χ4n) is 3.08. The van der Waals surface area contributed by atoms with Crippen LogP contribution in [0.1, 0.15) is 11.1 Å². The first-order chi connectivity index (χ1) is 15.7. The van der Waals surface area contributed by atoms with Gasteiger partial charge in [0.25, 0.3) is 0 Å². The zero-order valence-corrected chi connectivity index (χ0v) is 17.5. The second-order valence-corrected chi connectivity index (χ2v) is 7.15. The Hall–Kier alpha value is -3.53. The van der Waals surface area contributed by atoms with Crippen molar-refractivity contribution in [2.75, 3.05) is 18.9 Å². The number of hydrogen-bond donors (Lipinski definition) is 2. The highest BCUT2D eigenvalue weighted by molar-refractivity contribution is 5.77. The van der Waals surface area contributed by atoms with Crippen LogP contribution in [0, 0.1) is 0 Å². The molecule has 0 amide bonds. The predicted molar refractivity (Wildman–Crippen MR) is 119 cm³/mol. The molecular formula is C23H25N5O4. The number of imidazole rings is 1. The van der Waals surface area contributed by atoms with Gasteiger partial charge >= 0.3 is 0 Å². The molecule has 2 aromatic carbocycles. The molecule has 2 aromatic heterocycles. The third kappa shape index (κ3) is 5.58. The second-order valence-electron chi connectivity index (χ2n) is 7.15. The number of fused-ring (bicyclic) bond motifs is 1. The molecular weight excluding hydrogens is 410 g/mol. The summed E-state index contributed by atoms with van der Waals surface area (Å²) in [6.07, 6.45) is 1.08. The SMILES string of the molecule is Nc1nc(OCc2ccccc2)c2ncn(COC(CO)COCc3ccccc3)c2n1. The molecule has 0 aliphatic rings. The number of aromatic nitrogens is 4. The van der Waals surface area contributed by atoms with E-state index in [0.29, 0.717) is 30.3 Å². The van der Waals surface area contributed by atoms with Gasteiger partial charge in [-0.3, -0.25) is 4.57 Å². The van der Waals surface area contributed by atoms with Gasteiger partial charge in [0, 0.05) is 0 Å². The molecule has 32 heavy (non-hydrogen) atoms. The van der Waals surface area contributed by atoms with Crippen LogP contribution >= 0.6 is 0 Å². The van der Waals surface area contributed by atoms with Gasteiger partial charge < -0.3 is 25.1 Å². The second kappa shape index (κ2) is 10.7. The summed E-state index contributed by atoms with van der Waals surface area (Å²) in [6, 6.07) is 19.6. The first-order valence-corrected chi connectivity index (χ1v) is 10.2. The van der Waals surface area contributed by atoms with E-state index in [1.807, 2.05) is 60.7 Å². The lowest BCUT2D eigenvalue weighted by Crippen LogP contribution is -2.25. The van der Waals surface area contributed by atoms with Crippen molar-refractivity contribution in [1.29, 1.82) is 0 Å². The Balaban J connectivity index is 1.37. The average molecular weight is 435 g/mol. The van der Waals surface area contributed by atoms with Crippen molar-refractivity contribution in [3.8, 4) is 5.88 Å². The normalized spacial score (nSPS) is 12.2. The topological polar surface area (TPSA) is 118 Å². The lowest BCUT2D eigenvalue weighted by molar-refractivity contribution is -0.0697. The van der Waals surface area contributed by atoms with E-state index in [9.17, 15) is 5.11 Å². The van der Waals surface area contributed by atoms with Crippen molar-refractivity contribution in [2.24, 2.45) is 0 Å². The molecule has 2 heterocycles. The maximum atomic E-state index is 9.64. The summed E-state index contributed by atoms with van der Waals surface area (Å²) in [6.45, 7) is 0.969. The molecule has 0 saturated carbocycles. The molecule has 1 atom stereocenters. The Morgan fingerprint density at radius 3 is 2.31 bits per heavy atom. The van der Waals surface area contributed by atoms with Crippen LogP contribution in [-0.2, 0) is 29.4 Å². The molecule has 4 aromatic rings. The zero-order chi connectivity index (χ0) is 22.2. The number of aliphatic hydroxyl groups is 1. The van der Waals surface area contributed by atoms with Gasteiger partial charge in [-0.05, 0) is 11.1 Å². The van der Waals surface area contributed by atoms with E-state index in [0.717, 1.165) is 11.1 Å². The number of hydrogen-bond acceptors (Lipinski definition) is 8. The van der Waals surface area contributed by atoms with Crippen LogP contribution in [0.15, 0.2) is 67.0 Å². The molecule has 0 aliphatic carbocycles. The monoisotopic (exact) mass is 435 g/mol. The molecule has 0 saturated heterocycles. The summed E-state index contributed by atoms with van der Waals surface area (Å²) in [5.74, 6) is 0.382. The van der Waals surface area contributed by atoms with Crippen molar-refractivity contribution < 1.29 is 19.3 Å². The molecule has 0 radical (unpaired) electrons. The van der Waals surface area contributed by atoms with Crippen molar-refractivity contribution in [2.45, 2.75) is 26.0 Å². The molecule has 4 rings (SSSR count). The van der Waals surface area contributed by atoms with Gasteiger partial charge in [0.1, 0.15) is 19.4 Å². The molecule has 3 N–H and O–H groups in total. The number of nitrogens with zero attached hydrogens (tertiary/aromatic N) is 4. The number of nitrogens with two attached hydrogens (primary N) is 1. The van der Waals surface area contributed by atoms with Gasteiger partial charge in [-0.15, -0.1) is 0 Å². The summed E-state index contributed by atoms with van der Waals surface area (Å²) < 4.78 is 19.0. The molecule has 0 fully saturated rings. The van der Waals surface area contributed by atoms with Gasteiger partial charge in [0.2, 0.25) is 11.8 Å². The smallest absolute Gasteiger partial charge is 0.247 e. The summed E-state index contributed by atoms with van der Waals surface area (Å²) in [5, 5.41) is 9.64. The quantitative estimate of drug-likeness (QED) is 0.369. The van der Waals surface area contributed by atoms with Crippen molar-refractivity contribution >= 4 is 17.1 Å². The Morgan fingerprint density at radius 1 is 0.938 bits per heavy atom. The van der Waals surface area contributed by atoms with E-state index in [1.54, 1.807) is 10.9 Å².